The van der Waals surface area contributed by atoms with Crippen LogP contribution in [0.25, 0.3) is 10.8 Å². The molecule has 2 rings (SSSR count). The molecule has 0 spiro atoms. The van der Waals surface area contributed by atoms with Crippen LogP contribution in [0.3, 0.4) is 0 Å². The van der Waals surface area contributed by atoms with E-state index in [1.165, 1.54) is 6.07 Å². The van der Waals surface area contributed by atoms with E-state index in [1.807, 2.05) is 0 Å². The van der Waals surface area contributed by atoms with Crippen molar-refractivity contribution >= 4 is 22.4 Å². The zero-order valence-corrected chi connectivity index (χ0v) is 6.90. The Labute approximate surface area is 76.0 Å². The van der Waals surface area contributed by atoms with Gasteiger partial charge in [-0.3, -0.25) is 0 Å². The van der Waals surface area contributed by atoms with Gasteiger partial charge in [-0.1, -0.05) is 41.9 Å². The van der Waals surface area contributed by atoms with Gasteiger partial charge in [0.05, 0.1) is 6.39 Å². The first-order valence-electron chi connectivity index (χ1n) is 4.03. The van der Waals surface area contributed by atoms with Crippen molar-refractivity contribution in [1.82, 2.24) is 0 Å². The molecule has 0 nitrogen and oxygen atoms in total. The van der Waals surface area contributed by atoms with E-state index in [9.17, 15) is 4.39 Å². The molecule has 0 bridgehead atoms. The molecule has 2 heteroatoms. The van der Waals surface area contributed by atoms with Crippen molar-refractivity contribution < 1.29 is 5.76 Å². The van der Waals surface area contributed by atoms with E-state index >= 15 is 0 Å². The minimum atomic E-state index is -0.478. The topological polar surface area (TPSA) is 0 Å². The molecule has 0 N–H and O–H groups in total. The van der Waals surface area contributed by atoms with Crippen LogP contribution in [-0.4, -0.2) is 0 Å². The van der Waals surface area contributed by atoms with Gasteiger partial charge in [0, 0.05) is 5.39 Å². The molecular weight excluding hydrogens is 175 g/mol. The Morgan fingerprint density at radius 1 is 1.25 bits per heavy atom. The van der Waals surface area contributed by atoms with Gasteiger partial charge in [-0.15, -0.1) is 0 Å². The van der Waals surface area contributed by atoms with Crippen LogP contribution in [0, 0.1) is 5.82 Å². The van der Waals surface area contributed by atoms with Gasteiger partial charge in [-0.2, -0.15) is 0 Å². The Hall–Kier alpha value is -1.08. The first kappa shape index (κ1) is 6.44. The van der Waals surface area contributed by atoms with Crippen LogP contribution < -0.4 is 0 Å². The summed E-state index contributed by atoms with van der Waals surface area (Å²) < 4.78 is 20.6. The summed E-state index contributed by atoms with van der Waals surface area (Å²) in [7, 11) is 0. The summed E-state index contributed by atoms with van der Waals surface area (Å²) in [4.78, 5) is 0. The van der Waals surface area contributed by atoms with Gasteiger partial charge in [0.1, 0.15) is 5.82 Å². The normalized spacial score (nSPS) is 11.7. The number of halogens is 2. The molecule has 0 aliphatic carbocycles. The van der Waals surface area contributed by atoms with Crippen LogP contribution in [0.4, 0.5) is 4.39 Å². The fraction of sp³-hybridized carbons (Fsp3) is 0. The van der Waals surface area contributed by atoms with Gasteiger partial charge < -0.3 is 0 Å². The van der Waals surface area contributed by atoms with Crippen molar-refractivity contribution in [3.63, 3.8) is 0 Å². The number of hydrogen-bond donors (Lipinski definition) is 0. The van der Waals surface area contributed by atoms with Gasteiger partial charge >= 0.3 is 0 Å². The van der Waals surface area contributed by atoms with Gasteiger partial charge in [0.15, 0.2) is 0 Å². The van der Waals surface area contributed by atoms with E-state index < -0.39 is 5.82 Å². The predicted octanol–water partition coefficient (Wildman–Crippen LogP) is 3.63. The minimum Gasteiger partial charge on any atom is -0.205 e. The number of fused-ring (bicyclic) bond motifs is 1. The predicted molar refractivity (Wildman–Crippen MR) is 48.9 cm³/mol. The van der Waals surface area contributed by atoms with Crippen molar-refractivity contribution in [1.29, 1.82) is 0 Å². The van der Waals surface area contributed by atoms with Gasteiger partial charge in [0.2, 0.25) is 0 Å². The molecule has 0 heterocycles. The lowest BCUT2D eigenvalue weighted by atomic mass is 10.1. The van der Waals surface area contributed by atoms with Crippen LogP contribution in [0.15, 0.2) is 36.4 Å². The highest BCUT2D eigenvalue weighted by atomic mass is 35.5. The summed E-state index contributed by atoms with van der Waals surface area (Å²) in [6, 6.07) is 8.33. The number of rotatable bonds is 0. The summed E-state index contributed by atoms with van der Waals surface area (Å²) in [5, 5.41) is 1.30. The fourth-order valence-corrected chi connectivity index (χ4v) is 1.36. The van der Waals surface area contributed by atoms with Crippen LogP contribution >= 0.6 is 11.6 Å². The smallest absolute Gasteiger partial charge is 0.142 e. The average Bonchev–Trinajstić information content (AvgIpc) is 2.12. The third kappa shape index (κ3) is 1.07. The van der Waals surface area contributed by atoms with Crippen molar-refractivity contribution in [3.05, 3.63) is 47.2 Å². The number of benzene rings is 2. The summed E-state index contributed by atoms with van der Waals surface area (Å²) in [6.07, 6.45) is 0. The standard InChI is InChI=1S/C10H6ClF/c11-10-8-4-2-1-3-7(8)5-6-9(10)12/h1-6H/i4D. The molecule has 0 unspecified atom stereocenters. The molecule has 12 heavy (non-hydrogen) atoms. The lowest BCUT2D eigenvalue weighted by Gasteiger charge is -1.99. The molecule has 0 amide bonds. The SMILES string of the molecule is [2H]c1cccc2ccc(F)c(Cl)c12. The molecule has 0 fully saturated rings. The molecule has 0 atom stereocenters. The van der Waals surface area contributed by atoms with Gasteiger partial charge in [-0.05, 0) is 11.5 Å². The van der Waals surface area contributed by atoms with Crippen LogP contribution in [0.2, 0.25) is 5.02 Å². The Morgan fingerprint density at radius 2 is 2.08 bits per heavy atom. The first-order valence-corrected chi connectivity index (χ1v) is 3.91. The zero-order valence-electron chi connectivity index (χ0n) is 7.14. The maximum atomic E-state index is 13.0. The van der Waals surface area contributed by atoms with Crippen LogP contribution in [0.1, 0.15) is 1.37 Å². The van der Waals surface area contributed by atoms with E-state index in [0.29, 0.717) is 5.39 Å². The second kappa shape index (κ2) is 2.76. The van der Waals surface area contributed by atoms with Gasteiger partial charge in [-0.25, -0.2) is 4.39 Å². The Kier molecular flexibility index (Phi) is 1.48. The van der Waals surface area contributed by atoms with Crippen molar-refractivity contribution in [2.24, 2.45) is 0 Å². The quantitative estimate of drug-likeness (QED) is 0.582. The Morgan fingerprint density at radius 3 is 2.92 bits per heavy atom. The molecule has 0 saturated heterocycles. The van der Waals surface area contributed by atoms with Crippen molar-refractivity contribution in [2.45, 2.75) is 0 Å². The lowest BCUT2D eigenvalue weighted by molar-refractivity contribution is 0.630. The van der Waals surface area contributed by atoms with E-state index in [4.69, 9.17) is 13.0 Å². The maximum absolute atomic E-state index is 13.0. The zero-order chi connectivity index (χ0) is 9.42. The van der Waals surface area contributed by atoms with Crippen molar-refractivity contribution in [2.75, 3.05) is 0 Å². The van der Waals surface area contributed by atoms with E-state index in [2.05, 4.69) is 0 Å². The minimum absolute atomic E-state index is 0.0306. The van der Waals surface area contributed by atoms with Crippen LogP contribution in [0.5, 0.6) is 0 Å². The summed E-state index contributed by atoms with van der Waals surface area (Å²) >= 11 is 5.74. The second-order valence-corrected chi connectivity index (χ2v) is 2.87. The molecule has 0 radical (unpaired) electrons. The van der Waals surface area contributed by atoms with E-state index in [-0.39, 0.29) is 11.1 Å². The molecule has 0 saturated carbocycles. The molecule has 0 aromatic heterocycles. The molecule has 60 valence electrons. The summed E-state index contributed by atoms with van der Waals surface area (Å²) in [6.45, 7) is 0. The highest BCUT2D eigenvalue weighted by Crippen LogP contribution is 2.25. The molecule has 0 aliphatic rings. The Balaban J connectivity index is 2.97. The second-order valence-electron chi connectivity index (χ2n) is 2.50. The third-order valence-electron chi connectivity index (χ3n) is 1.73. The molecule has 2 aromatic carbocycles. The van der Waals surface area contributed by atoms with E-state index in [0.717, 1.165) is 5.39 Å². The maximum Gasteiger partial charge on any atom is 0.142 e. The number of hydrogen-bond acceptors (Lipinski definition) is 0. The first-order chi connectivity index (χ1) is 6.20. The van der Waals surface area contributed by atoms with Crippen molar-refractivity contribution in [3.8, 4) is 0 Å². The monoisotopic (exact) mass is 181 g/mol. The van der Waals surface area contributed by atoms with Crippen LogP contribution in [-0.2, 0) is 0 Å². The fourth-order valence-electron chi connectivity index (χ4n) is 1.13. The summed E-state index contributed by atoms with van der Waals surface area (Å²) in [5.41, 5.74) is 0. The average molecular weight is 182 g/mol. The molecular formula is C10H6ClF. The summed E-state index contributed by atoms with van der Waals surface area (Å²) in [5.74, 6) is -0.478. The lowest BCUT2D eigenvalue weighted by Crippen LogP contribution is -1.78. The largest absolute Gasteiger partial charge is 0.205 e. The third-order valence-corrected chi connectivity index (χ3v) is 2.10. The van der Waals surface area contributed by atoms with Gasteiger partial charge in [0.25, 0.3) is 0 Å². The molecule has 2 aromatic rings. The van der Waals surface area contributed by atoms with E-state index in [1.54, 1.807) is 24.3 Å². The molecule has 0 aliphatic heterocycles. The Bertz CT molecular complexity index is 468. The highest BCUT2D eigenvalue weighted by Gasteiger charge is 2.02. The highest BCUT2D eigenvalue weighted by molar-refractivity contribution is 6.35.